The molecule has 1 aliphatic heterocycles. The summed E-state index contributed by atoms with van der Waals surface area (Å²) in [6.45, 7) is 1.73. The van der Waals surface area contributed by atoms with Crippen molar-refractivity contribution in [1.29, 1.82) is 0 Å². The van der Waals surface area contributed by atoms with Crippen LogP contribution in [0, 0.1) is 0 Å². The minimum absolute atomic E-state index is 0.188. The van der Waals surface area contributed by atoms with Crippen molar-refractivity contribution in [3.63, 3.8) is 0 Å². The fraction of sp³-hybridized carbons (Fsp3) is 1.00. The lowest BCUT2D eigenvalue weighted by molar-refractivity contribution is 0.165. The quantitative estimate of drug-likeness (QED) is 0.485. The van der Waals surface area contributed by atoms with Gasteiger partial charge in [-0.3, -0.25) is 0 Å². The molecule has 0 aromatic heterocycles. The number of hydrogen-bond donors (Lipinski definition) is 2. The summed E-state index contributed by atoms with van der Waals surface area (Å²) in [5.41, 5.74) is 0. The zero-order chi connectivity index (χ0) is 6.85. The Morgan fingerprint density at radius 3 is 2.56 bits per heavy atom. The van der Waals surface area contributed by atoms with Gasteiger partial charge in [0.25, 0.3) is 0 Å². The van der Waals surface area contributed by atoms with Crippen LogP contribution in [0.1, 0.15) is 0 Å². The second kappa shape index (κ2) is 3.14. The molecule has 0 aliphatic carbocycles. The van der Waals surface area contributed by atoms with Crippen molar-refractivity contribution in [2.24, 2.45) is 0 Å². The maximum atomic E-state index is 9.25. The summed E-state index contributed by atoms with van der Waals surface area (Å²) in [6, 6.07) is 0.266. The van der Waals surface area contributed by atoms with E-state index in [9.17, 15) is 5.11 Å². The van der Waals surface area contributed by atoms with Crippen LogP contribution in [0.3, 0.4) is 0 Å². The molecule has 0 amide bonds. The molecule has 0 spiro atoms. The first-order chi connectivity index (χ1) is 4.24. The van der Waals surface area contributed by atoms with Crippen LogP contribution in [-0.2, 0) is 0 Å². The number of halogens is 1. The molecule has 54 valence electrons. The molecular formula is C5H11IN2O. The van der Waals surface area contributed by atoms with Crippen LogP contribution in [-0.4, -0.2) is 40.5 Å². The van der Waals surface area contributed by atoms with Gasteiger partial charge in [0.1, 0.15) is 0 Å². The van der Waals surface area contributed by atoms with E-state index in [0.29, 0.717) is 0 Å². The van der Waals surface area contributed by atoms with Crippen molar-refractivity contribution in [3.05, 3.63) is 0 Å². The molecule has 2 unspecified atom stereocenters. The fourth-order valence-corrected chi connectivity index (χ4v) is 1.85. The van der Waals surface area contributed by atoms with Crippen molar-refractivity contribution in [3.8, 4) is 0 Å². The van der Waals surface area contributed by atoms with E-state index in [1.54, 1.807) is 0 Å². The van der Waals surface area contributed by atoms with Crippen molar-refractivity contribution >= 4 is 22.9 Å². The highest BCUT2D eigenvalue weighted by Gasteiger charge is 2.28. The van der Waals surface area contributed by atoms with Gasteiger partial charge < -0.3 is 10.4 Å². The van der Waals surface area contributed by atoms with Gasteiger partial charge >= 0.3 is 0 Å². The van der Waals surface area contributed by atoms with Gasteiger partial charge in [-0.1, -0.05) is 0 Å². The van der Waals surface area contributed by atoms with Crippen LogP contribution >= 0.6 is 22.9 Å². The highest BCUT2D eigenvalue weighted by Crippen LogP contribution is 2.13. The van der Waals surface area contributed by atoms with E-state index in [-0.39, 0.29) is 12.1 Å². The molecule has 0 radical (unpaired) electrons. The van der Waals surface area contributed by atoms with Crippen molar-refractivity contribution in [1.82, 2.24) is 8.43 Å². The first-order valence-electron chi connectivity index (χ1n) is 3.00. The Balaban J connectivity index is 2.38. The molecule has 0 aromatic carbocycles. The topological polar surface area (TPSA) is 35.5 Å². The van der Waals surface area contributed by atoms with Crippen LogP contribution in [0.4, 0.5) is 0 Å². The second-order valence-corrected chi connectivity index (χ2v) is 3.65. The van der Waals surface area contributed by atoms with Gasteiger partial charge in [0.2, 0.25) is 0 Å². The largest absolute Gasteiger partial charge is 0.390 e. The molecular weight excluding hydrogens is 231 g/mol. The van der Waals surface area contributed by atoms with Crippen molar-refractivity contribution in [2.45, 2.75) is 12.1 Å². The lowest BCUT2D eigenvalue weighted by atomic mass is 10.2. The van der Waals surface area contributed by atoms with E-state index in [1.807, 2.05) is 7.05 Å². The Morgan fingerprint density at radius 1 is 1.67 bits per heavy atom. The number of hydrogen-bond acceptors (Lipinski definition) is 3. The third-order valence-corrected chi connectivity index (χ3v) is 2.40. The molecule has 2 atom stereocenters. The summed E-state index contributed by atoms with van der Waals surface area (Å²) >= 11 is 2.22. The van der Waals surface area contributed by atoms with E-state index in [2.05, 4.69) is 31.3 Å². The predicted molar refractivity (Wildman–Crippen MR) is 44.4 cm³/mol. The van der Waals surface area contributed by atoms with Crippen molar-refractivity contribution in [2.75, 3.05) is 20.1 Å². The Labute approximate surface area is 68.9 Å². The van der Waals surface area contributed by atoms with Gasteiger partial charge in [0, 0.05) is 42.0 Å². The Kier molecular flexibility index (Phi) is 2.69. The van der Waals surface area contributed by atoms with E-state index < -0.39 is 0 Å². The molecule has 0 aromatic rings. The van der Waals surface area contributed by atoms with Crippen LogP contribution < -0.4 is 5.32 Å². The SMILES string of the molecule is CNC1CN(I)CC1O. The smallest absolute Gasteiger partial charge is 0.0840 e. The van der Waals surface area contributed by atoms with E-state index >= 15 is 0 Å². The zero-order valence-corrected chi connectivity index (χ0v) is 7.50. The first-order valence-corrected chi connectivity index (χ1v) is 3.96. The molecule has 4 heteroatoms. The van der Waals surface area contributed by atoms with Gasteiger partial charge in [-0.25, -0.2) is 3.11 Å². The maximum absolute atomic E-state index is 9.25. The van der Waals surface area contributed by atoms with E-state index in [0.717, 1.165) is 13.1 Å². The molecule has 0 saturated carbocycles. The number of nitrogens with one attached hydrogen (secondary N) is 1. The highest BCUT2D eigenvalue weighted by atomic mass is 127. The minimum atomic E-state index is -0.188. The Morgan fingerprint density at radius 2 is 2.33 bits per heavy atom. The lowest BCUT2D eigenvalue weighted by Gasteiger charge is -2.09. The number of aliphatic hydroxyl groups excluding tert-OH is 1. The normalized spacial score (nSPS) is 37.7. The summed E-state index contributed by atoms with van der Waals surface area (Å²) in [7, 11) is 1.88. The number of rotatable bonds is 1. The molecule has 2 N–H and O–H groups in total. The fourth-order valence-electron chi connectivity index (χ4n) is 1.02. The van der Waals surface area contributed by atoms with Crippen LogP contribution in [0.5, 0.6) is 0 Å². The first kappa shape index (κ1) is 7.71. The van der Waals surface area contributed by atoms with Crippen molar-refractivity contribution < 1.29 is 5.11 Å². The molecule has 1 saturated heterocycles. The van der Waals surface area contributed by atoms with Gasteiger partial charge in [0.15, 0.2) is 0 Å². The van der Waals surface area contributed by atoms with Crippen LogP contribution in [0.25, 0.3) is 0 Å². The van der Waals surface area contributed by atoms with Gasteiger partial charge in [-0.2, -0.15) is 0 Å². The standard InChI is InChI=1S/C5H11IN2O/c1-7-4-2-8(6)3-5(4)9/h4-5,7,9H,2-3H2,1H3. The third kappa shape index (κ3) is 1.76. The third-order valence-electron chi connectivity index (χ3n) is 1.62. The average molecular weight is 242 g/mol. The second-order valence-electron chi connectivity index (χ2n) is 2.29. The lowest BCUT2D eigenvalue weighted by Crippen LogP contribution is -2.36. The molecule has 1 aliphatic rings. The Hall–Kier alpha value is 0.610. The number of β-amino-alcohol motifs (C(OH)–C–C–N with tert-alkyl or cyclic N) is 1. The Bertz CT molecular complexity index is 101. The van der Waals surface area contributed by atoms with E-state index in [4.69, 9.17) is 0 Å². The summed E-state index contributed by atoms with van der Waals surface area (Å²) in [5, 5.41) is 12.3. The van der Waals surface area contributed by atoms with Gasteiger partial charge in [-0.15, -0.1) is 0 Å². The number of likely N-dealkylation sites (N-methyl/N-ethyl adjacent to an activating group) is 1. The summed E-state index contributed by atoms with van der Waals surface area (Å²) in [5.74, 6) is 0. The summed E-state index contributed by atoms with van der Waals surface area (Å²) in [6.07, 6.45) is -0.188. The molecule has 0 bridgehead atoms. The van der Waals surface area contributed by atoms with Crippen LogP contribution in [0.15, 0.2) is 0 Å². The molecule has 1 heterocycles. The summed E-state index contributed by atoms with van der Waals surface area (Å²) in [4.78, 5) is 0. The number of aliphatic hydroxyl groups is 1. The average Bonchev–Trinajstić information content (AvgIpc) is 2.10. The van der Waals surface area contributed by atoms with Gasteiger partial charge in [0.05, 0.1) is 6.10 Å². The molecule has 3 nitrogen and oxygen atoms in total. The molecule has 1 rings (SSSR count). The predicted octanol–water partition coefficient (Wildman–Crippen LogP) is -0.399. The highest BCUT2D eigenvalue weighted by molar-refractivity contribution is 14.1. The molecule has 9 heavy (non-hydrogen) atoms. The monoisotopic (exact) mass is 242 g/mol. The molecule has 1 fully saturated rings. The number of nitrogens with zero attached hydrogens (tertiary/aromatic N) is 1. The zero-order valence-electron chi connectivity index (χ0n) is 5.34. The van der Waals surface area contributed by atoms with Gasteiger partial charge in [-0.05, 0) is 7.05 Å². The van der Waals surface area contributed by atoms with Crippen LogP contribution in [0.2, 0.25) is 0 Å². The minimum Gasteiger partial charge on any atom is -0.390 e. The summed E-state index contributed by atoms with van der Waals surface area (Å²) < 4.78 is 2.09. The van der Waals surface area contributed by atoms with E-state index in [1.165, 1.54) is 0 Å². The maximum Gasteiger partial charge on any atom is 0.0840 e.